The molecule has 8 heteroatoms. The Morgan fingerprint density at radius 3 is 2.28 bits per heavy atom. The summed E-state index contributed by atoms with van der Waals surface area (Å²) in [6.45, 7) is 1.93. The van der Waals surface area contributed by atoms with Crippen LogP contribution in [0.1, 0.15) is 15.9 Å². The number of carbonyl (C=O) groups is 1. The molecule has 0 radical (unpaired) electrons. The van der Waals surface area contributed by atoms with Gasteiger partial charge in [-0.1, -0.05) is 0 Å². The van der Waals surface area contributed by atoms with Gasteiger partial charge in [0.15, 0.2) is 11.5 Å². The van der Waals surface area contributed by atoms with E-state index in [4.69, 9.17) is 19.3 Å². The van der Waals surface area contributed by atoms with Gasteiger partial charge in [-0.05, 0) is 61.0 Å². The molecule has 162 valence electrons. The van der Waals surface area contributed by atoms with E-state index in [0.29, 0.717) is 28.8 Å². The lowest BCUT2D eigenvalue weighted by atomic mass is 10.1. The third kappa shape index (κ3) is 4.24. The molecule has 0 aliphatic carbocycles. The molecular formula is C24H21N3O5. The number of carboxylic acid groups (broad SMARTS) is 1. The molecule has 0 bridgehead atoms. The van der Waals surface area contributed by atoms with Crippen LogP contribution in [0.5, 0.6) is 23.0 Å². The average molecular weight is 431 g/mol. The molecule has 4 aromatic rings. The van der Waals surface area contributed by atoms with Gasteiger partial charge in [-0.15, -0.1) is 0 Å². The van der Waals surface area contributed by atoms with Crippen molar-refractivity contribution in [3.63, 3.8) is 0 Å². The third-order valence-corrected chi connectivity index (χ3v) is 4.91. The lowest BCUT2D eigenvalue weighted by Crippen LogP contribution is -1.99. The Bertz CT molecular complexity index is 1290. The normalized spacial score (nSPS) is 10.6. The molecular weight excluding hydrogens is 410 g/mol. The second-order valence-electron chi connectivity index (χ2n) is 6.98. The van der Waals surface area contributed by atoms with Gasteiger partial charge in [-0.3, -0.25) is 0 Å². The van der Waals surface area contributed by atoms with Gasteiger partial charge in [0, 0.05) is 17.1 Å². The summed E-state index contributed by atoms with van der Waals surface area (Å²) < 4.78 is 16.7. The first-order valence-corrected chi connectivity index (χ1v) is 9.74. The molecule has 32 heavy (non-hydrogen) atoms. The molecule has 0 unspecified atom stereocenters. The van der Waals surface area contributed by atoms with Crippen LogP contribution in [0, 0.1) is 6.92 Å². The standard InChI is InChI=1S/C24H21N3O5/c1-14-10-16(6-9-20(14)32-17-7-4-15(5-8-17)24(28)29)27-23-18-11-21(30-2)22(31-3)12-19(18)25-13-26-23/h4-13H,1-3H3,(H,28,29)(H,25,26,27). The zero-order valence-electron chi connectivity index (χ0n) is 17.7. The SMILES string of the molecule is COc1cc2ncnc(Nc3ccc(Oc4ccc(C(=O)O)cc4)c(C)c3)c2cc1OC. The van der Waals surface area contributed by atoms with E-state index in [2.05, 4.69) is 15.3 Å². The molecule has 0 spiro atoms. The molecule has 8 nitrogen and oxygen atoms in total. The summed E-state index contributed by atoms with van der Waals surface area (Å²) in [6.07, 6.45) is 1.49. The first kappa shape index (κ1) is 20.9. The number of rotatable bonds is 7. The number of anilines is 2. The minimum absolute atomic E-state index is 0.208. The molecule has 0 atom stereocenters. The number of fused-ring (bicyclic) bond motifs is 1. The number of benzene rings is 3. The van der Waals surface area contributed by atoms with E-state index < -0.39 is 5.97 Å². The van der Waals surface area contributed by atoms with Crippen molar-refractivity contribution < 1.29 is 24.1 Å². The monoisotopic (exact) mass is 431 g/mol. The number of aromatic carboxylic acids is 1. The van der Waals surface area contributed by atoms with Gasteiger partial charge in [0.1, 0.15) is 23.6 Å². The Labute approximate surface area is 184 Å². The molecule has 3 aromatic carbocycles. The van der Waals surface area contributed by atoms with Crippen LogP contribution < -0.4 is 19.5 Å². The fraction of sp³-hybridized carbons (Fsp3) is 0.125. The van der Waals surface area contributed by atoms with Gasteiger partial charge in [0.2, 0.25) is 0 Å². The lowest BCUT2D eigenvalue weighted by molar-refractivity contribution is 0.0697. The maximum absolute atomic E-state index is 11.0. The van der Waals surface area contributed by atoms with E-state index in [0.717, 1.165) is 22.2 Å². The van der Waals surface area contributed by atoms with Crippen molar-refractivity contribution in [2.45, 2.75) is 6.92 Å². The Morgan fingerprint density at radius 2 is 1.62 bits per heavy atom. The summed E-state index contributed by atoms with van der Waals surface area (Å²) in [5.74, 6) is 2.06. The number of hydrogen-bond acceptors (Lipinski definition) is 7. The second-order valence-corrected chi connectivity index (χ2v) is 6.98. The van der Waals surface area contributed by atoms with Crippen LogP contribution in [0.25, 0.3) is 10.9 Å². The summed E-state index contributed by atoms with van der Waals surface area (Å²) in [5.41, 5.74) is 2.65. The van der Waals surface area contributed by atoms with Crippen molar-refractivity contribution in [2.24, 2.45) is 0 Å². The first-order chi connectivity index (χ1) is 15.5. The van der Waals surface area contributed by atoms with Gasteiger partial charge in [0.05, 0.1) is 25.3 Å². The number of nitrogens with zero attached hydrogens (tertiary/aromatic N) is 2. The highest BCUT2D eigenvalue weighted by Gasteiger charge is 2.12. The van der Waals surface area contributed by atoms with Crippen molar-refractivity contribution in [3.8, 4) is 23.0 Å². The fourth-order valence-electron chi connectivity index (χ4n) is 3.25. The molecule has 1 aromatic heterocycles. The van der Waals surface area contributed by atoms with E-state index in [9.17, 15) is 4.79 Å². The summed E-state index contributed by atoms with van der Waals surface area (Å²) in [4.78, 5) is 19.7. The molecule has 1 heterocycles. The molecule has 0 amide bonds. The second kappa shape index (κ2) is 8.81. The van der Waals surface area contributed by atoms with Gasteiger partial charge in [0.25, 0.3) is 0 Å². The number of methoxy groups -OCH3 is 2. The largest absolute Gasteiger partial charge is 0.493 e. The highest BCUT2D eigenvalue weighted by atomic mass is 16.5. The minimum Gasteiger partial charge on any atom is -0.493 e. The van der Waals surface area contributed by atoms with Crippen LogP contribution in [0.4, 0.5) is 11.5 Å². The first-order valence-electron chi connectivity index (χ1n) is 9.74. The van der Waals surface area contributed by atoms with Crippen LogP contribution in [0.2, 0.25) is 0 Å². The van der Waals surface area contributed by atoms with Crippen molar-refractivity contribution in [1.29, 1.82) is 0 Å². The van der Waals surface area contributed by atoms with Gasteiger partial charge >= 0.3 is 5.97 Å². The van der Waals surface area contributed by atoms with Gasteiger partial charge < -0.3 is 24.6 Å². The zero-order chi connectivity index (χ0) is 22.7. The quantitative estimate of drug-likeness (QED) is 0.412. The molecule has 2 N–H and O–H groups in total. The lowest BCUT2D eigenvalue weighted by Gasteiger charge is -2.14. The van der Waals surface area contributed by atoms with Crippen LogP contribution >= 0.6 is 0 Å². The topological polar surface area (TPSA) is 103 Å². The number of ether oxygens (including phenoxy) is 3. The smallest absolute Gasteiger partial charge is 0.335 e. The van der Waals surface area contributed by atoms with Crippen molar-refractivity contribution in [2.75, 3.05) is 19.5 Å². The number of aryl methyl sites for hydroxylation is 1. The molecule has 0 aliphatic rings. The Balaban J connectivity index is 1.58. The van der Waals surface area contributed by atoms with Crippen LogP contribution in [0.15, 0.2) is 60.9 Å². The number of nitrogens with one attached hydrogen (secondary N) is 1. The Kier molecular flexibility index (Phi) is 5.76. The molecule has 0 fully saturated rings. The highest BCUT2D eigenvalue weighted by Crippen LogP contribution is 2.35. The number of aromatic nitrogens is 2. The van der Waals surface area contributed by atoms with Gasteiger partial charge in [-0.2, -0.15) is 0 Å². The highest BCUT2D eigenvalue weighted by molar-refractivity contribution is 5.93. The van der Waals surface area contributed by atoms with E-state index in [1.807, 2.05) is 31.2 Å². The van der Waals surface area contributed by atoms with Gasteiger partial charge in [-0.25, -0.2) is 14.8 Å². The summed E-state index contributed by atoms with van der Waals surface area (Å²) in [6, 6.07) is 15.6. The van der Waals surface area contributed by atoms with Crippen LogP contribution in [-0.2, 0) is 0 Å². The number of hydrogen-bond donors (Lipinski definition) is 2. The maximum atomic E-state index is 11.0. The minimum atomic E-state index is -0.975. The van der Waals surface area contributed by atoms with Crippen LogP contribution in [-0.4, -0.2) is 35.3 Å². The zero-order valence-corrected chi connectivity index (χ0v) is 17.7. The summed E-state index contributed by atoms with van der Waals surface area (Å²) >= 11 is 0. The van der Waals surface area contributed by atoms with E-state index in [1.54, 1.807) is 32.4 Å². The molecule has 0 saturated carbocycles. The summed E-state index contributed by atoms with van der Waals surface area (Å²) in [7, 11) is 3.16. The molecule has 0 aliphatic heterocycles. The van der Waals surface area contributed by atoms with Crippen molar-refractivity contribution in [3.05, 3.63) is 72.1 Å². The summed E-state index contributed by atoms with van der Waals surface area (Å²) in [5, 5.41) is 13.1. The molecule has 0 saturated heterocycles. The molecule has 4 rings (SSSR count). The average Bonchev–Trinajstić information content (AvgIpc) is 2.80. The van der Waals surface area contributed by atoms with E-state index in [-0.39, 0.29) is 5.56 Å². The number of carboxylic acids is 1. The maximum Gasteiger partial charge on any atom is 0.335 e. The fourth-order valence-corrected chi connectivity index (χ4v) is 3.25. The van der Waals surface area contributed by atoms with E-state index in [1.165, 1.54) is 18.5 Å². The van der Waals surface area contributed by atoms with E-state index >= 15 is 0 Å². The van der Waals surface area contributed by atoms with Crippen molar-refractivity contribution >= 4 is 28.4 Å². The Morgan fingerprint density at radius 1 is 0.906 bits per heavy atom. The van der Waals surface area contributed by atoms with Crippen LogP contribution in [0.3, 0.4) is 0 Å². The predicted molar refractivity (Wildman–Crippen MR) is 121 cm³/mol. The third-order valence-electron chi connectivity index (χ3n) is 4.91. The Hall–Kier alpha value is -4.33. The van der Waals surface area contributed by atoms with Crippen molar-refractivity contribution in [1.82, 2.24) is 9.97 Å². The predicted octanol–water partition coefficient (Wildman–Crippen LogP) is 5.19.